The van der Waals surface area contributed by atoms with Crippen LogP contribution in [0.1, 0.15) is 25.3 Å². The zero-order chi connectivity index (χ0) is 15.1. The predicted octanol–water partition coefficient (Wildman–Crippen LogP) is 2.81. The Hall–Kier alpha value is -1.72. The number of halogens is 1. The molecule has 5 nitrogen and oxygen atoms in total. The molecule has 2 rings (SSSR count). The minimum absolute atomic E-state index is 0. The van der Waals surface area contributed by atoms with Crippen LogP contribution in [-0.4, -0.2) is 30.7 Å². The normalized spacial score (nSPS) is 10.3. The van der Waals surface area contributed by atoms with Crippen molar-refractivity contribution < 1.29 is 14.3 Å². The standard InChI is InChI=1S/C16H22N2O3.ClH/c1-2-20-16(19)4-3-9-21-13-5-6-15-14(10-13)12(7-8-17)11-18-15;/h5-6,10-11,18H,2-4,7-9,17H2,1H3;1H. The second-order valence-electron chi connectivity index (χ2n) is 4.82. The minimum atomic E-state index is -0.174. The maximum Gasteiger partial charge on any atom is 0.305 e. The van der Waals surface area contributed by atoms with Crippen molar-refractivity contribution in [2.24, 2.45) is 5.73 Å². The summed E-state index contributed by atoms with van der Waals surface area (Å²) < 4.78 is 10.6. The Morgan fingerprint density at radius 1 is 1.36 bits per heavy atom. The SMILES string of the molecule is CCOC(=O)CCCOc1ccc2[nH]cc(CCN)c2c1.Cl. The Labute approximate surface area is 136 Å². The van der Waals surface area contributed by atoms with Gasteiger partial charge in [0.25, 0.3) is 0 Å². The van der Waals surface area contributed by atoms with Crippen molar-refractivity contribution in [3.05, 3.63) is 30.0 Å². The summed E-state index contributed by atoms with van der Waals surface area (Å²) in [6.45, 7) is 3.35. The Bertz CT molecular complexity index is 598. The number of hydrogen-bond donors (Lipinski definition) is 2. The van der Waals surface area contributed by atoms with Gasteiger partial charge < -0.3 is 20.2 Å². The van der Waals surface area contributed by atoms with Gasteiger partial charge in [-0.2, -0.15) is 0 Å². The van der Waals surface area contributed by atoms with E-state index in [0.29, 0.717) is 32.6 Å². The van der Waals surface area contributed by atoms with Crippen LogP contribution in [-0.2, 0) is 16.0 Å². The monoisotopic (exact) mass is 326 g/mol. The number of aromatic nitrogens is 1. The molecule has 0 aliphatic carbocycles. The third-order valence-corrected chi connectivity index (χ3v) is 3.25. The number of aromatic amines is 1. The van der Waals surface area contributed by atoms with Gasteiger partial charge in [0, 0.05) is 23.5 Å². The first-order valence-corrected chi connectivity index (χ1v) is 7.33. The van der Waals surface area contributed by atoms with Crippen molar-refractivity contribution in [1.29, 1.82) is 0 Å². The zero-order valence-corrected chi connectivity index (χ0v) is 13.6. The van der Waals surface area contributed by atoms with Crippen molar-refractivity contribution >= 4 is 29.3 Å². The van der Waals surface area contributed by atoms with Crippen LogP contribution in [0.3, 0.4) is 0 Å². The molecule has 0 unspecified atom stereocenters. The number of fused-ring (bicyclic) bond motifs is 1. The number of H-pyrrole nitrogens is 1. The van der Waals surface area contributed by atoms with Gasteiger partial charge in [-0.05, 0) is 50.1 Å². The number of rotatable bonds is 8. The van der Waals surface area contributed by atoms with Gasteiger partial charge in [0.2, 0.25) is 0 Å². The van der Waals surface area contributed by atoms with Crippen LogP contribution < -0.4 is 10.5 Å². The molecule has 0 amide bonds. The molecule has 2 aromatic rings. The van der Waals surface area contributed by atoms with Crippen molar-refractivity contribution in [2.75, 3.05) is 19.8 Å². The van der Waals surface area contributed by atoms with Crippen LogP contribution in [0.4, 0.5) is 0 Å². The first kappa shape index (κ1) is 18.3. The van der Waals surface area contributed by atoms with E-state index in [4.69, 9.17) is 15.2 Å². The van der Waals surface area contributed by atoms with E-state index >= 15 is 0 Å². The Balaban J connectivity index is 0.00000242. The molecule has 0 radical (unpaired) electrons. The van der Waals surface area contributed by atoms with Gasteiger partial charge in [0.15, 0.2) is 0 Å². The number of ether oxygens (including phenoxy) is 2. The Kier molecular flexibility index (Phi) is 7.77. The molecule has 1 aromatic heterocycles. The molecular formula is C16H23ClN2O3. The second kappa shape index (κ2) is 9.33. The van der Waals surface area contributed by atoms with Crippen molar-refractivity contribution in [2.45, 2.75) is 26.2 Å². The Morgan fingerprint density at radius 3 is 2.91 bits per heavy atom. The molecule has 0 bridgehead atoms. The van der Waals surface area contributed by atoms with E-state index in [2.05, 4.69) is 4.98 Å². The lowest BCUT2D eigenvalue weighted by molar-refractivity contribution is -0.143. The summed E-state index contributed by atoms with van der Waals surface area (Å²) in [6.07, 6.45) is 3.87. The second-order valence-corrected chi connectivity index (χ2v) is 4.82. The van der Waals surface area contributed by atoms with E-state index in [0.717, 1.165) is 23.1 Å². The summed E-state index contributed by atoms with van der Waals surface area (Å²) >= 11 is 0. The molecule has 0 fully saturated rings. The summed E-state index contributed by atoms with van der Waals surface area (Å²) in [6, 6.07) is 5.94. The molecule has 0 aliphatic rings. The van der Waals surface area contributed by atoms with Gasteiger partial charge in [-0.1, -0.05) is 0 Å². The molecule has 0 atom stereocenters. The fraction of sp³-hybridized carbons (Fsp3) is 0.438. The summed E-state index contributed by atoms with van der Waals surface area (Å²) in [5.41, 5.74) is 7.89. The lowest BCUT2D eigenvalue weighted by atomic mass is 10.1. The predicted molar refractivity (Wildman–Crippen MR) is 89.7 cm³/mol. The summed E-state index contributed by atoms with van der Waals surface area (Å²) in [7, 11) is 0. The number of carbonyl (C=O) groups is 1. The number of nitrogens with one attached hydrogen (secondary N) is 1. The lowest BCUT2D eigenvalue weighted by Crippen LogP contribution is -2.06. The molecule has 22 heavy (non-hydrogen) atoms. The first-order chi connectivity index (χ1) is 10.2. The zero-order valence-electron chi connectivity index (χ0n) is 12.8. The van der Waals surface area contributed by atoms with Gasteiger partial charge in [-0.3, -0.25) is 4.79 Å². The molecule has 122 valence electrons. The third kappa shape index (κ3) is 4.93. The maximum absolute atomic E-state index is 11.2. The van der Waals surface area contributed by atoms with Gasteiger partial charge in [0.05, 0.1) is 13.2 Å². The fourth-order valence-electron chi connectivity index (χ4n) is 2.25. The van der Waals surface area contributed by atoms with Crippen LogP contribution >= 0.6 is 12.4 Å². The number of esters is 1. The highest BCUT2D eigenvalue weighted by atomic mass is 35.5. The molecule has 0 spiro atoms. The van der Waals surface area contributed by atoms with E-state index in [1.165, 1.54) is 5.56 Å². The largest absolute Gasteiger partial charge is 0.494 e. The van der Waals surface area contributed by atoms with Crippen LogP contribution in [0, 0.1) is 0 Å². The van der Waals surface area contributed by atoms with Crippen LogP contribution in [0.15, 0.2) is 24.4 Å². The van der Waals surface area contributed by atoms with Crippen LogP contribution in [0.2, 0.25) is 0 Å². The number of hydrogen-bond acceptors (Lipinski definition) is 4. The molecular weight excluding hydrogens is 304 g/mol. The van der Waals surface area contributed by atoms with Gasteiger partial charge in [0.1, 0.15) is 5.75 Å². The first-order valence-electron chi connectivity index (χ1n) is 7.33. The van der Waals surface area contributed by atoms with E-state index in [1.54, 1.807) is 6.92 Å². The maximum atomic E-state index is 11.2. The summed E-state index contributed by atoms with van der Waals surface area (Å²) in [5.74, 6) is 0.636. The van der Waals surface area contributed by atoms with Crippen molar-refractivity contribution in [1.82, 2.24) is 4.98 Å². The highest BCUT2D eigenvalue weighted by Crippen LogP contribution is 2.24. The van der Waals surface area contributed by atoms with E-state index in [1.807, 2.05) is 24.4 Å². The quantitative estimate of drug-likeness (QED) is 0.577. The highest BCUT2D eigenvalue weighted by molar-refractivity contribution is 5.85. The topological polar surface area (TPSA) is 77.3 Å². The minimum Gasteiger partial charge on any atom is -0.494 e. The lowest BCUT2D eigenvalue weighted by Gasteiger charge is -2.07. The van der Waals surface area contributed by atoms with Crippen molar-refractivity contribution in [3.63, 3.8) is 0 Å². The third-order valence-electron chi connectivity index (χ3n) is 3.25. The molecule has 0 saturated carbocycles. The molecule has 0 aliphatic heterocycles. The van der Waals surface area contributed by atoms with Crippen molar-refractivity contribution in [3.8, 4) is 5.75 Å². The van der Waals surface area contributed by atoms with E-state index < -0.39 is 0 Å². The van der Waals surface area contributed by atoms with Gasteiger partial charge in [-0.25, -0.2) is 0 Å². The molecule has 0 saturated heterocycles. The molecule has 1 aromatic carbocycles. The summed E-state index contributed by atoms with van der Waals surface area (Å²) in [5, 5.41) is 1.14. The molecule has 6 heteroatoms. The highest BCUT2D eigenvalue weighted by Gasteiger charge is 2.05. The van der Waals surface area contributed by atoms with Gasteiger partial charge >= 0.3 is 5.97 Å². The smallest absolute Gasteiger partial charge is 0.305 e. The fourth-order valence-corrected chi connectivity index (χ4v) is 2.25. The van der Waals surface area contributed by atoms with Gasteiger partial charge in [-0.15, -0.1) is 12.4 Å². The average molecular weight is 327 g/mol. The number of nitrogens with two attached hydrogens (primary N) is 1. The Morgan fingerprint density at radius 2 is 2.18 bits per heavy atom. The molecule has 3 N–H and O–H groups in total. The van der Waals surface area contributed by atoms with Crippen LogP contribution in [0.25, 0.3) is 10.9 Å². The van der Waals surface area contributed by atoms with Crippen LogP contribution in [0.5, 0.6) is 5.75 Å². The summed E-state index contributed by atoms with van der Waals surface area (Å²) in [4.78, 5) is 14.4. The number of benzene rings is 1. The van der Waals surface area contributed by atoms with E-state index in [-0.39, 0.29) is 18.4 Å². The molecule has 1 heterocycles. The van der Waals surface area contributed by atoms with E-state index in [9.17, 15) is 4.79 Å². The average Bonchev–Trinajstić information content (AvgIpc) is 2.87. The number of carbonyl (C=O) groups excluding carboxylic acids is 1.